The molecule has 4 heteroatoms. The highest BCUT2D eigenvalue weighted by Crippen LogP contribution is 2.22. The molecule has 0 aromatic heterocycles. The molecule has 0 saturated heterocycles. The fourth-order valence-corrected chi connectivity index (χ4v) is 3.64. The van der Waals surface area contributed by atoms with E-state index in [0.29, 0.717) is 19.1 Å². The number of unbranched alkanes of at least 4 members (excludes halogenated alkanes) is 12. The first-order valence-electron chi connectivity index (χ1n) is 13.2. The number of hydrogen-bond donors (Lipinski definition) is 0. The van der Waals surface area contributed by atoms with Crippen LogP contribution in [0.5, 0.6) is 0 Å². The van der Waals surface area contributed by atoms with E-state index >= 15 is 0 Å². The molecule has 1 unspecified atom stereocenters. The average Bonchev–Trinajstić information content (AvgIpc) is 2.76. The van der Waals surface area contributed by atoms with Gasteiger partial charge < -0.3 is 9.47 Å². The zero-order valence-electron chi connectivity index (χ0n) is 21.4. The van der Waals surface area contributed by atoms with Crippen molar-refractivity contribution in [3.63, 3.8) is 0 Å². The molecular formula is C27H52O4. The van der Waals surface area contributed by atoms with Gasteiger partial charge in [-0.2, -0.15) is 0 Å². The van der Waals surface area contributed by atoms with Crippen LogP contribution in [-0.4, -0.2) is 25.2 Å². The molecule has 0 spiro atoms. The molecule has 184 valence electrons. The smallest absolute Gasteiger partial charge is 0.322 e. The van der Waals surface area contributed by atoms with Crippen LogP contribution in [0.3, 0.4) is 0 Å². The summed E-state index contributed by atoms with van der Waals surface area (Å²) in [6.45, 7) is 10.5. The summed E-state index contributed by atoms with van der Waals surface area (Å²) in [5.74, 6) is -0.568. The third-order valence-electron chi connectivity index (χ3n) is 6.25. The summed E-state index contributed by atoms with van der Waals surface area (Å²) in [4.78, 5) is 24.8. The molecule has 0 aromatic carbocycles. The largest absolute Gasteiger partial charge is 0.465 e. The minimum atomic E-state index is -1.24. The van der Waals surface area contributed by atoms with Gasteiger partial charge >= 0.3 is 11.9 Å². The van der Waals surface area contributed by atoms with Crippen LogP contribution in [0.1, 0.15) is 137 Å². The summed E-state index contributed by atoms with van der Waals surface area (Å²) in [7, 11) is 0. The van der Waals surface area contributed by atoms with E-state index < -0.39 is 17.4 Å². The van der Waals surface area contributed by atoms with E-state index in [4.69, 9.17) is 9.47 Å². The van der Waals surface area contributed by atoms with Crippen molar-refractivity contribution in [2.45, 2.75) is 137 Å². The summed E-state index contributed by atoms with van der Waals surface area (Å²) >= 11 is 0. The molecule has 4 nitrogen and oxygen atoms in total. The van der Waals surface area contributed by atoms with Crippen LogP contribution in [0, 0.1) is 11.3 Å². The second kappa shape index (κ2) is 19.6. The highest BCUT2D eigenvalue weighted by atomic mass is 16.6. The molecule has 0 fully saturated rings. The Morgan fingerprint density at radius 3 is 1.58 bits per heavy atom. The van der Waals surface area contributed by atoms with Gasteiger partial charge in [0.2, 0.25) is 0 Å². The van der Waals surface area contributed by atoms with Crippen molar-refractivity contribution in [3.8, 4) is 0 Å². The van der Waals surface area contributed by atoms with Gasteiger partial charge in [-0.15, -0.1) is 0 Å². The Morgan fingerprint density at radius 1 is 0.645 bits per heavy atom. The van der Waals surface area contributed by atoms with Crippen molar-refractivity contribution in [2.24, 2.45) is 11.3 Å². The van der Waals surface area contributed by atoms with Crippen LogP contribution in [0.25, 0.3) is 0 Å². The minimum absolute atomic E-state index is 0.372. The lowest BCUT2D eigenvalue weighted by Crippen LogP contribution is -2.37. The number of carbonyl (C=O) groups is 2. The van der Waals surface area contributed by atoms with E-state index in [1.165, 1.54) is 64.2 Å². The van der Waals surface area contributed by atoms with Crippen molar-refractivity contribution in [1.82, 2.24) is 0 Å². The summed E-state index contributed by atoms with van der Waals surface area (Å²) in [6.07, 6.45) is 19.6. The number of carbonyl (C=O) groups excluding carboxylic acids is 2. The van der Waals surface area contributed by atoms with Gasteiger partial charge in [-0.3, -0.25) is 9.59 Å². The maximum absolute atomic E-state index is 12.4. The molecule has 1 atom stereocenters. The van der Waals surface area contributed by atoms with Crippen LogP contribution >= 0.6 is 0 Å². The van der Waals surface area contributed by atoms with Crippen LogP contribution in [0.4, 0.5) is 0 Å². The fourth-order valence-electron chi connectivity index (χ4n) is 3.64. The van der Waals surface area contributed by atoms with Crippen LogP contribution < -0.4 is 0 Å². The zero-order valence-corrected chi connectivity index (χ0v) is 21.4. The number of hydrogen-bond acceptors (Lipinski definition) is 4. The first-order chi connectivity index (χ1) is 14.9. The molecule has 0 aliphatic carbocycles. The van der Waals surface area contributed by atoms with Crippen molar-refractivity contribution in [1.29, 1.82) is 0 Å². The first-order valence-corrected chi connectivity index (χ1v) is 13.2. The maximum Gasteiger partial charge on any atom is 0.322 e. The Morgan fingerprint density at radius 2 is 1.10 bits per heavy atom. The molecule has 0 aliphatic rings. The monoisotopic (exact) mass is 440 g/mol. The summed E-state index contributed by atoms with van der Waals surface area (Å²) in [6, 6.07) is 0. The molecule has 0 aromatic rings. The SMILES string of the molecule is CCCCCCCCCCCCCCOC(=O)C(C)(C)C(=O)OCC(CC)CCCC. The average molecular weight is 441 g/mol. The van der Waals surface area contributed by atoms with Crippen molar-refractivity contribution in [2.75, 3.05) is 13.2 Å². The second-order valence-corrected chi connectivity index (χ2v) is 9.66. The van der Waals surface area contributed by atoms with Gasteiger partial charge in [0.05, 0.1) is 13.2 Å². The number of rotatable bonds is 21. The Balaban J connectivity index is 3.81. The quantitative estimate of drug-likeness (QED) is 0.103. The topological polar surface area (TPSA) is 52.6 Å². The van der Waals surface area contributed by atoms with Gasteiger partial charge in [0.1, 0.15) is 0 Å². The number of ether oxygens (including phenoxy) is 2. The van der Waals surface area contributed by atoms with E-state index in [-0.39, 0.29) is 0 Å². The number of esters is 2. The molecule has 0 heterocycles. The Bertz CT molecular complexity index is 445. The van der Waals surface area contributed by atoms with Crippen molar-refractivity contribution >= 4 is 11.9 Å². The minimum Gasteiger partial charge on any atom is -0.465 e. The molecular weight excluding hydrogens is 388 g/mol. The highest BCUT2D eigenvalue weighted by molar-refractivity contribution is 5.99. The van der Waals surface area contributed by atoms with Crippen LogP contribution in [0.15, 0.2) is 0 Å². The van der Waals surface area contributed by atoms with Gasteiger partial charge in [0.15, 0.2) is 5.41 Å². The fraction of sp³-hybridized carbons (Fsp3) is 0.926. The first kappa shape index (κ1) is 29.9. The van der Waals surface area contributed by atoms with Gasteiger partial charge in [-0.1, -0.05) is 111 Å². The van der Waals surface area contributed by atoms with Gasteiger partial charge in [0, 0.05) is 0 Å². The third-order valence-corrected chi connectivity index (χ3v) is 6.25. The lowest BCUT2D eigenvalue weighted by molar-refractivity contribution is -0.170. The molecule has 31 heavy (non-hydrogen) atoms. The Kier molecular flexibility index (Phi) is 18.9. The van der Waals surface area contributed by atoms with Gasteiger partial charge in [-0.25, -0.2) is 0 Å². The predicted molar refractivity (Wildman–Crippen MR) is 130 cm³/mol. The Hall–Kier alpha value is -1.06. The van der Waals surface area contributed by atoms with Crippen molar-refractivity contribution < 1.29 is 19.1 Å². The summed E-state index contributed by atoms with van der Waals surface area (Å²) in [5, 5.41) is 0. The normalized spacial score (nSPS) is 12.5. The van der Waals surface area contributed by atoms with E-state index in [2.05, 4.69) is 20.8 Å². The molecule has 0 rings (SSSR count). The highest BCUT2D eigenvalue weighted by Gasteiger charge is 2.39. The second-order valence-electron chi connectivity index (χ2n) is 9.66. The van der Waals surface area contributed by atoms with E-state index in [1.54, 1.807) is 13.8 Å². The van der Waals surface area contributed by atoms with Crippen LogP contribution in [0.2, 0.25) is 0 Å². The predicted octanol–water partition coefficient (Wildman–Crippen LogP) is 8.02. The standard InChI is InChI=1S/C27H52O4/c1-6-9-11-12-13-14-15-16-17-18-19-20-22-30-25(28)27(4,5)26(29)31-23-24(8-3)21-10-7-2/h24H,6-23H2,1-5H3. The molecule has 0 amide bonds. The molecule has 0 aliphatic heterocycles. The molecule has 0 N–H and O–H groups in total. The van der Waals surface area contributed by atoms with E-state index in [0.717, 1.165) is 38.5 Å². The van der Waals surface area contributed by atoms with Gasteiger partial charge in [0.25, 0.3) is 0 Å². The van der Waals surface area contributed by atoms with E-state index in [1.807, 2.05) is 0 Å². The molecule has 0 saturated carbocycles. The maximum atomic E-state index is 12.4. The zero-order chi connectivity index (χ0) is 23.4. The van der Waals surface area contributed by atoms with Crippen LogP contribution in [-0.2, 0) is 19.1 Å². The summed E-state index contributed by atoms with van der Waals surface area (Å²) < 4.78 is 10.8. The summed E-state index contributed by atoms with van der Waals surface area (Å²) in [5.41, 5.74) is -1.24. The van der Waals surface area contributed by atoms with E-state index in [9.17, 15) is 9.59 Å². The lowest BCUT2D eigenvalue weighted by Gasteiger charge is -2.22. The Labute approximate surface area is 193 Å². The molecule has 0 bridgehead atoms. The molecule has 0 radical (unpaired) electrons. The lowest BCUT2D eigenvalue weighted by atomic mass is 9.93. The third kappa shape index (κ3) is 15.4. The van der Waals surface area contributed by atoms with Gasteiger partial charge in [-0.05, 0) is 32.6 Å². The van der Waals surface area contributed by atoms with Crippen molar-refractivity contribution in [3.05, 3.63) is 0 Å².